The van der Waals surface area contributed by atoms with E-state index in [9.17, 15) is 4.79 Å². The minimum atomic E-state index is -0.295. The number of nitrogens with two attached hydrogens (primary N) is 1. The van der Waals surface area contributed by atoms with Gasteiger partial charge in [-0.05, 0) is 6.92 Å². The summed E-state index contributed by atoms with van der Waals surface area (Å²) in [6.07, 6.45) is 0. The Morgan fingerprint density at radius 1 is 1.73 bits per heavy atom. The summed E-state index contributed by atoms with van der Waals surface area (Å²) >= 11 is 1.63. The predicted molar refractivity (Wildman–Crippen MR) is 43.2 cm³/mol. The van der Waals surface area contributed by atoms with E-state index in [2.05, 4.69) is 0 Å². The lowest BCUT2D eigenvalue weighted by molar-refractivity contribution is -0.685. The molecular formula is C7H11N2OS+. The third kappa shape index (κ3) is 1.77. The van der Waals surface area contributed by atoms with Gasteiger partial charge >= 0.3 is 0 Å². The summed E-state index contributed by atoms with van der Waals surface area (Å²) in [4.78, 5) is 11.8. The summed E-state index contributed by atoms with van der Waals surface area (Å²) in [5.74, 6) is -0.295. The first kappa shape index (κ1) is 8.20. The molecule has 1 aromatic rings. The fourth-order valence-electron chi connectivity index (χ4n) is 0.833. The second kappa shape index (κ2) is 3.00. The van der Waals surface area contributed by atoms with Crippen molar-refractivity contribution in [2.75, 3.05) is 0 Å². The molecule has 0 unspecified atom stereocenters. The first-order valence-electron chi connectivity index (χ1n) is 3.33. The summed E-state index contributed by atoms with van der Waals surface area (Å²) in [7, 11) is 0. The summed E-state index contributed by atoms with van der Waals surface area (Å²) in [5, 5.41) is 0. The lowest BCUT2D eigenvalue weighted by Crippen LogP contribution is -2.41. The molecule has 1 rings (SSSR count). The number of rotatable bonds is 2. The highest BCUT2D eigenvalue weighted by atomic mass is 32.1. The highest BCUT2D eigenvalue weighted by Gasteiger charge is 2.13. The maximum atomic E-state index is 10.5. The van der Waals surface area contributed by atoms with E-state index in [0.29, 0.717) is 0 Å². The number of carbonyl (C=O) groups is 1. The van der Waals surface area contributed by atoms with Crippen LogP contribution in [0.2, 0.25) is 0 Å². The molecule has 1 amide bonds. The van der Waals surface area contributed by atoms with Gasteiger partial charge in [-0.1, -0.05) is 11.3 Å². The van der Waals surface area contributed by atoms with Crippen LogP contribution in [-0.4, -0.2) is 5.91 Å². The van der Waals surface area contributed by atoms with Crippen LogP contribution in [0, 0.1) is 13.8 Å². The predicted octanol–water partition coefficient (Wildman–Crippen LogP) is 0.138. The van der Waals surface area contributed by atoms with E-state index in [1.54, 1.807) is 11.3 Å². The Kier molecular flexibility index (Phi) is 2.24. The number of carbonyl (C=O) groups excluding carboxylic acids is 1. The fourth-order valence-corrected chi connectivity index (χ4v) is 1.64. The van der Waals surface area contributed by atoms with E-state index >= 15 is 0 Å². The van der Waals surface area contributed by atoms with Crippen molar-refractivity contribution >= 4 is 17.2 Å². The molecule has 0 aliphatic carbocycles. The van der Waals surface area contributed by atoms with Crippen molar-refractivity contribution in [2.45, 2.75) is 20.4 Å². The summed E-state index contributed by atoms with van der Waals surface area (Å²) in [6, 6.07) is 0. The van der Waals surface area contributed by atoms with Crippen molar-refractivity contribution in [2.24, 2.45) is 5.73 Å². The number of nitrogens with zero attached hydrogens (tertiary/aromatic N) is 1. The van der Waals surface area contributed by atoms with Crippen LogP contribution in [0.3, 0.4) is 0 Å². The zero-order chi connectivity index (χ0) is 8.43. The van der Waals surface area contributed by atoms with Crippen molar-refractivity contribution in [3.63, 3.8) is 0 Å². The average Bonchev–Trinajstić information content (AvgIpc) is 2.18. The van der Waals surface area contributed by atoms with Gasteiger partial charge in [-0.2, -0.15) is 4.57 Å². The molecular weight excluding hydrogens is 160 g/mol. The first-order chi connectivity index (χ1) is 5.11. The largest absolute Gasteiger partial charge is 0.364 e. The number of hydrogen-bond acceptors (Lipinski definition) is 2. The van der Waals surface area contributed by atoms with Crippen molar-refractivity contribution < 1.29 is 9.36 Å². The average molecular weight is 171 g/mol. The molecule has 0 aliphatic heterocycles. The van der Waals surface area contributed by atoms with Gasteiger partial charge in [0.25, 0.3) is 5.91 Å². The molecule has 0 spiro atoms. The van der Waals surface area contributed by atoms with Gasteiger partial charge in [-0.25, -0.2) is 0 Å². The van der Waals surface area contributed by atoms with Gasteiger partial charge in [0.15, 0.2) is 5.69 Å². The molecule has 2 N–H and O–H groups in total. The molecule has 0 radical (unpaired) electrons. The molecule has 0 fully saturated rings. The highest BCUT2D eigenvalue weighted by molar-refractivity contribution is 7.09. The van der Waals surface area contributed by atoms with Crippen LogP contribution >= 0.6 is 11.3 Å². The molecule has 1 heterocycles. The van der Waals surface area contributed by atoms with Crippen molar-refractivity contribution in [3.8, 4) is 0 Å². The Morgan fingerprint density at radius 3 is 2.73 bits per heavy atom. The number of hydrogen-bond donors (Lipinski definition) is 1. The highest BCUT2D eigenvalue weighted by Crippen LogP contribution is 2.07. The third-order valence-corrected chi connectivity index (χ3v) is 2.63. The third-order valence-electron chi connectivity index (χ3n) is 1.62. The van der Waals surface area contributed by atoms with Crippen LogP contribution in [0.15, 0.2) is 5.51 Å². The van der Waals surface area contributed by atoms with E-state index < -0.39 is 0 Å². The monoisotopic (exact) mass is 171 g/mol. The molecule has 0 aliphatic rings. The zero-order valence-corrected chi connectivity index (χ0v) is 7.44. The summed E-state index contributed by atoms with van der Waals surface area (Å²) in [6.45, 7) is 4.29. The summed E-state index contributed by atoms with van der Waals surface area (Å²) < 4.78 is 1.86. The van der Waals surface area contributed by atoms with E-state index in [0.717, 1.165) is 5.69 Å². The van der Waals surface area contributed by atoms with Crippen LogP contribution in [-0.2, 0) is 11.3 Å². The Labute approximate surface area is 69.5 Å². The maximum Gasteiger partial charge on any atom is 0.283 e. The molecule has 60 valence electrons. The Hall–Kier alpha value is -0.900. The maximum absolute atomic E-state index is 10.5. The second-order valence-corrected chi connectivity index (χ2v) is 3.52. The molecule has 0 aromatic carbocycles. The number of aryl methyl sites for hydroxylation is 1. The van der Waals surface area contributed by atoms with Crippen molar-refractivity contribution in [1.29, 1.82) is 0 Å². The molecule has 0 saturated heterocycles. The molecule has 1 aromatic heterocycles. The van der Waals surface area contributed by atoms with Crippen LogP contribution in [0.1, 0.15) is 10.6 Å². The molecule has 11 heavy (non-hydrogen) atoms. The normalized spacial score (nSPS) is 10.0. The Balaban J connectivity index is 2.87. The smallest absolute Gasteiger partial charge is 0.283 e. The number of primary amides is 1. The SMILES string of the molecule is Cc1sc[n+](CC(N)=O)c1C. The quantitative estimate of drug-likeness (QED) is 0.632. The van der Waals surface area contributed by atoms with E-state index in [1.165, 1.54) is 4.88 Å². The van der Waals surface area contributed by atoms with E-state index in [-0.39, 0.29) is 12.5 Å². The zero-order valence-electron chi connectivity index (χ0n) is 6.63. The minimum Gasteiger partial charge on any atom is -0.364 e. The van der Waals surface area contributed by atoms with E-state index in [4.69, 9.17) is 5.73 Å². The Morgan fingerprint density at radius 2 is 2.36 bits per heavy atom. The fraction of sp³-hybridized carbons (Fsp3) is 0.429. The Bertz CT molecular complexity index is 280. The number of amides is 1. The van der Waals surface area contributed by atoms with E-state index in [1.807, 2.05) is 23.9 Å². The standard InChI is InChI=1S/C7H10N2OS/c1-5-6(2)11-4-9(5)3-7(8)10/h4H,3H2,1-2H3,(H-,8,10)/p+1. The van der Waals surface area contributed by atoms with Crippen molar-refractivity contribution in [1.82, 2.24) is 0 Å². The van der Waals surface area contributed by atoms with Crippen molar-refractivity contribution in [3.05, 3.63) is 16.1 Å². The molecule has 0 saturated carbocycles. The van der Waals surface area contributed by atoms with Gasteiger partial charge in [-0.15, -0.1) is 0 Å². The van der Waals surface area contributed by atoms with Gasteiger partial charge in [0.05, 0.1) is 4.88 Å². The van der Waals surface area contributed by atoms with Gasteiger partial charge in [-0.3, -0.25) is 4.79 Å². The minimum absolute atomic E-state index is 0.288. The van der Waals surface area contributed by atoms with Gasteiger partial charge in [0.2, 0.25) is 12.1 Å². The van der Waals surface area contributed by atoms with Crippen LogP contribution in [0.25, 0.3) is 0 Å². The van der Waals surface area contributed by atoms with Crippen LogP contribution < -0.4 is 10.3 Å². The molecule has 3 nitrogen and oxygen atoms in total. The molecule has 0 bridgehead atoms. The number of thiazole rings is 1. The lowest BCUT2D eigenvalue weighted by Gasteiger charge is -1.89. The number of aromatic nitrogens is 1. The van der Waals surface area contributed by atoms with Gasteiger partial charge in [0, 0.05) is 6.92 Å². The van der Waals surface area contributed by atoms with Crippen LogP contribution in [0.5, 0.6) is 0 Å². The molecule has 4 heteroatoms. The second-order valence-electron chi connectivity index (χ2n) is 2.46. The van der Waals surface area contributed by atoms with Crippen LogP contribution in [0.4, 0.5) is 0 Å². The lowest BCUT2D eigenvalue weighted by atomic mass is 10.4. The summed E-state index contributed by atoms with van der Waals surface area (Å²) in [5.41, 5.74) is 8.08. The van der Waals surface area contributed by atoms with Gasteiger partial charge in [0.1, 0.15) is 0 Å². The molecule has 0 atom stereocenters. The van der Waals surface area contributed by atoms with Gasteiger partial charge < -0.3 is 5.73 Å². The topological polar surface area (TPSA) is 47.0 Å². The first-order valence-corrected chi connectivity index (χ1v) is 4.21.